The van der Waals surface area contributed by atoms with Gasteiger partial charge in [-0.25, -0.2) is 0 Å². The van der Waals surface area contributed by atoms with E-state index in [1.165, 1.54) is 0 Å². The molecule has 0 saturated carbocycles. The number of nitriles is 1. The summed E-state index contributed by atoms with van der Waals surface area (Å²) in [6.45, 7) is 0. The van der Waals surface area contributed by atoms with Gasteiger partial charge in [0.05, 0.1) is 6.07 Å². The Balaban J connectivity index is 0.00000112. The summed E-state index contributed by atoms with van der Waals surface area (Å²) < 4.78 is 0. The Morgan fingerprint density at radius 1 is 1.07 bits per heavy atom. The van der Waals surface area contributed by atoms with Gasteiger partial charge in [0.2, 0.25) is 0 Å². The highest BCUT2D eigenvalue weighted by molar-refractivity contribution is 5.86. The van der Waals surface area contributed by atoms with E-state index >= 15 is 0 Å². The third-order valence-electron chi connectivity index (χ3n) is 2.30. The number of nitrogens with zero attached hydrogens (tertiary/aromatic N) is 1. The summed E-state index contributed by atoms with van der Waals surface area (Å²) in [4.78, 5) is 0. The fraction of sp³-hybridized carbons (Fsp3) is 0.0833. The molecule has 3 heteroatoms. The van der Waals surface area contributed by atoms with Gasteiger partial charge in [-0.3, -0.25) is 0 Å². The average molecular weight is 219 g/mol. The molecule has 0 saturated heterocycles. The molecule has 2 aromatic carbocycles. The van der Waals surface area contributed by atoms with Crippen molar-refractivity contribution in [1.29, 1.82) is 5.26 Å². The second-order valence-electron chi connectivity index (χ2n) is 3.18. The molecule has 0 bridgehead atoms. The first-order valence-corrected chi connectivity index (χ1v) is 4.46. The van der Waals surface area contributed by atoms with Crippen LogP contribution in [0.25, 0.3) is 10.8 Å². The van der Waals surface area contributed by atoms with E-state index in [1.807, 2.05) is 42.5 Å². The van der Waals surface area contributed by atoms with Crippen LogP contribution in [0.3, 0.4) is 0 Å². The van der Waals surface area contributed by atoms with Crippen molar-refractivity contribution < 1.29 is 0 Å². The first-order chi connectivity index (χ1) is 6.83. The Hall–Kier alpha value is -1.56. The average Bonchev–Trinajstić information content (AvgIpc) is 2.27. The van der Waals surface area contributed by atoms with Crippen LogP contribution in [-0.4, -0.2) is 0 Å². The zero-order chi connectivity index (χ0) is 9.97. The molecule has 0 aromatic heterocycles. The minimum atomic E-state index is -0.541. The standard InChI is InChI=1S/C12H10N2.ClH/c13-8-12(14)11-7-3-5-9-4-1-2-6-10(9)11;/h1-7,12H,14H2;1H. The van der Waals surface area contributed by atoms with Crippen LogP contribution in [0.15, 0.2) is 42.5 Å². The van der Waals surface area contributed by atoms with Gasteiger partial charge in [-0.05, 0) is 16.3 Å². The van der Waals surface area contributed by atoms with Crippen molar-refractivity contribution >= 4 is 23.2 Å². The monoisotopic (exact) mass is 218 g/mol. The highest BCUT2D eigenvalue weighted by atomic mass is 35.5. The lowest BCUT2D eigenvalue weighted by atomic mass is 10.0. The quantitative estimate of drug-likeness (QED) is 0.800. The van der Waals surface area contributed by atoms with Gasteiger partial charge < -0.3 is 5.73 Å². The number of hydrogen-bond acceptors (Lipinski definition) is 2. The van der Waals surface area contributed by atoms with Gasteiger partial charge in [0.15, 0.2) is 0 Å². The number of rotatable bonds is 1. The molecule has 1 atom stereocenters. The molecule has 2 N–H and O–H groups in total. The highest BCUT2D eigenvalue weighted by Crippen LogP contribution is 2.22. The largest absolute Gasteiger partial charge is 0.312 e. The zero-order valence-corrected chi connectivity index (χ0v) is 8.87. The fourth-order valence-electron chi connectivity index (χ4n) is 1.59. The van der Waals surface area contributed by atoms with Crippen molar-refractivity contribution in [3.8, 4) is 6.07 Å². The summed E-state index contributed by atoms with van der Waals surface area (Å²) in [6, 6.07) is 15.3. The Morgan fingerprint density at radius 2 is 1.73 bits per heavy atom. The fourth-order valence-corrected chi connectivity index (χ4v) is 1.59. The van der Waals surface area contributed by atoms with E-state index in [9.17, 15) is 0 Å². The molecular weight excluding hydrogens is 208 g/mol. The molecular formula is C12H11ClN2. The molecule has 0 radical (unpaired) electrons. The lowest BCUT2D eigenvalue weighted by Crippen LogP contribution is -2.07. The van der Waals surface area contributed by atoms with Crippen LogP contribution >= 0.6 is 12.4 Å². The van der Waals surface area contributed by atoms with Gasteiger partial charge in [-0.2, -0.15) is 5.26 Å². The summed E-state index contributed by atoms with van der Waals surface area (Å²) in [5, 5.41) is 11.0. The molecule has 0 fully saturated rings. The maximum absolute atomic E-state index is 8.77. The number of nitrogens with two attached hydrogens (primary N) is 1. The summed E-state index contributed by atoms with van der Waals surface area (Å²) in [5.74, 6) is 0. The molecule has 0 aliphatic heterocycles. The second-order valence-corrected chi connectivity index (χ2v) is 3.18. The molecule has 0 aliphatic rings. The maximum Gasteiger partial charge on any atom is 0.119 e. The van der Waals surface area contributed by atoms with Gasteiger partial charge in [-0.1, -0.05) is 42.5 Å². The van der Waals surface area contributed by atoms with Crippen molar-refractivity contribution in [2.45, 2.75) is 6.04 Å². The van der Waals surface area contributed by atoms with Crippen LogP contribution in [0.4, 0.5) is 0 Å². The summed E-state index contributed by atoms with van der Waals surface area (Å²) in [5.41, 5.74) is 6.59. The van der Waals surface area contributed by atoms with Crippen LogP contribution in [0.1, 0.15) is 11.6 Å². The molecule has 2 rings (SSSR count). The van der Waals surface area contributed by atoms with E-state index in [0.29, 0.717) is 0 Å². The smallest absolute Gasteiger partial charge is 0.119 e. The van der Waals surface area contributed by atoms with Gasteiger partial charge in [-0.15, -0.1) is 12.4 Å². The maximum atomic E-state index is 8.77. The number of halogens is 1. The van der Waals surface area contributed by atoms with Crippen molar-refractivity contribution in [2.24, 2.45) is 5.73 Å². The minimum Gasteiger partial charge on any atom is -0.312 e. The molecule has 2 aromatic rings. The molecule has 1 unspecified atom stereocenters. The topological polar surface area (TPSA) is 49.8 Å². The molecule has 0 aliphatic carbocycles. The van der Waals surface area contributed by atoms with Crippen molar-refractivity contribution in [3.63, 3.8) is 0 Å². The number of benzene rings is 2. The Bertz CT molecular complexity index is 497. The Labute approximate surface area is 94.7 Å². The Morgan fingerprint density at radius 3 is 2.47 bits per heavy atom. The van der Waals surface area contributed by atoms with E-state index < -0.39 is 6.04 Å². The summed E-state index contributed by atoms with van der Waals surface area (Å²) >= 11 is 0. The van der Waals surface area contributed by atoms with E-state index in [2.05, 4.69) is 6.07 Å². The normalized spacial score (nSPS) is 11.5. The first-order valence-electron chi connectivity index (χ1n) is 4.46. The molecule has 0 spiro atoms. The van der Waals surface area contributed by atoms with E-state index in [-0.39, 0.29) is 12.4 Å². The molecule has 0 amide bonds. The lowest BCUT2D eigenvalue weighted by Gasteiger charge is -2.07. The van der Waals surface area contributed by atoms with Crippen LogP contribution in [0, 0.1) is 11.3 Å². The van der Waals surface area contributed by atoms with Crippen molar-refractivity contribution in [3.05, 3.63) is 48.0 Å². The first kappa shape index (κ1) is 11.5. The van der Waals surface area contributed by atoms with Gasteiger partial charge in [0, 0.05) is 0 Å². The van der Waals surface area contributed by atoms with Crippen LogP contribution in [0.5, 0.6) is 0 Å². The van der Waals surface area contributed by atoms with E-state index in [4.69, 9.17) is 11.0 Å². The van der Waals surface area contributed by atoms with Crippen LogP contribution < -0.4 is 5.73 Å². The van der Waals surface area contributed by atoms with Gasteiger partial charge in [0.25, 0.3) is 0 Å². The predicted molar refractivity (Wildman–Crippen MR) is 63.7 cm³/mol. The molecule has 2 nitrogen and oxygen atoms in total. The van der Waals surface area contributed by atoms with Crippen LogP contribution in [0.2, 0.25) is 0 Å². The zero-order valence-electron chi connectivity index (χ0n) is 8.05. The van der Waals surface area contributed by atoms with E-state index in [0.717, 1.165) is 16.3 Å². The number of fused-ring (bicyclic) bond motifs is 1. The highest BCUT2D eigenvalue weighted by Gasteiger charge is 2.07. The van der Waals surface area contributed by atoms with Crippen molar-refractivity contribution in [2.75, 3.05) is 0 Å². The van der Waals surface area contributed by atoms with E-state index in [1.54, 1.807) is 0 Å². The van der Waals surface area contributed by atoms with Gasteiger partial charge >= 0.3 is 0 Å². The molecule has 0 heterocycles. The lowest BCUT2D eigenvalue weighted by molar-refractivity contribution is 0.937. The summed E-state index contributed by atoms with van der Waals surface area (Å²) in [7, 11) is 0. The number of hydrogen-bond donors (Lipinski definition) is 1. The Kier molecular flexibility index (Phi) is 3.68. The third-order valence-corrected chi connectivity index (χ3v) is 2.30. The predicted octanol–water partition coefficient (Wildman–Crippen LogP) is 2.78. The minimum absolute atomic E-state index is 0. The molecule has 76 valence electrons. The van der Waals surface area contributed by atoms with Crippen molar-refractivity contribution in [1.82, 2.24) is 0 Å². The molecule has 15 heavy (non-hydrogen) atoms. The summed E-state index contributed by atoms with van der Waals surface area (Å²) in [6.07, 6.45) is 0. The SMILES string of the molecule is Cl.N#CC(N)c1cccc2ccccc12. The van der Waals surface area contributed by atoms with Crippen LogP contribution in [-0.2, 0) is 0 Å². The second kappa shape index (κ2) is 4.79. The third kappa shape index (κ3) is 2.10. The van der Waals surface area contributed by atoms with Gasteiger partial charge in [0.1, 0.15) is 6.04 Å².